The van der Waals surface area contributed by atoms with Crippen molar-refractivity contribution in [2.45, 2.75) is 13.8 Å². The van der Waals surface area contributed by atoms with Gasteiger partial charge in [0, 0.05) is 5.92 Å². The lowest BCUT2D eigenvalue weighted by Gasteiger charge is -1.98. The summed E-state index contributed by atoms with van der Waals surface area (Å²) in [7, 11) is 0. The molecule has 0 atom stereocenters. The zero-order valence-corrected chi connectivity index (χ0v) is 5.68. The zero-order chi connectivity index (χ0) is 7.44. The van der Waals surface area contributed by atoms with Gasteiger partial charge in [-0.3, -0.25) is 9.59 Å². The van der Waals surface area contributed by atoms with E-state index < -0.39 is 0 Å². The second kappa shape index (κ2) is 3.17. The van der Waals surface area contributed by atoms with Gasteiger partial charge in [0.1, 0.15) is 0 Å². The van der Waals surface area contributed by atoms with E-state index >= 15 is 0 Å². The lowest BCUT2D eigenvalue weighted by molar-refractivity contribution is -0.119. The van der Waals surface area contributed by atoms with E-state index in [4.69, 9.17) is 0 Å². The molecule has 0 radical (unpaired) electrons. The van der Waals surface area contributed by atoms with Crippen LogP contribution in [0, 0.1) is 5.92 Å². The van der Waals surface area contributed by atoms with Crippen molar-refractivity contribution >= 4 is 12.1 Å². The van der Waals surface area contributed by atoms with Crippen LogP contribution in [0.15, 0.2) is 12.2 Å². The van der Waals surface area contributed by atoms with E-state index in [0.717, 1.165) is 0 Å². The Morgan fingerprint density at radius 2 is 2.00 bits per heavy atom. The van der Waals surface area contributed by atoms with E-state index in [1.165, 1.54) is 0 Å². The summed E-state index contributed by atoms with van der Waals surface area (Å²) in [6.45, 7) is 6.74. The molecule has 0 fully saturated rings. The summed E-state index contributed by atoms with van der Waals surface area (Å²) < 4.78 is 0. The van der Waals surface area contributed by atoms with Crippen LogP contribution < -0.4 is 0 Å². The molecule has 0 aliphatic rings. The van der Waals surface area contributed by atoms with Crippen LogP contribution in [-0.4, -0.2) is 12.1 Å². The van der Waals surface area contributed by atoms with Crippen molar-refractivity contribution in [3.63, 3.8) is 0 Å². The topological polar surface area (TPSA) is 34.1 Å². The number of Topliss-reactive ketones (excluding diaryl/α,β-unsaturated/α-hetero) is 1. The van der Waals surface area contributed by atoms with Crippen molar-refractivity contribution in [3.05, 3.63) is 12.2 Å². The minimum absolute atomic E-state index is 0.0602. The molecular formula is C7H10O2. The summed E-state index contributed by atoms with van der Waals surface area (Å²) in [6.07, 6.45) is 0.488. The third-order valence-electron chi connectivity index (χ3n) is 0.983. The van der Waals surface area contributed by atoms with Crippen molar-refractivity contribution < 1.29 is 9.59 Å². The van der Waals surface area contributed by atoms with Crippen LogP contribution in [0.2, 0.25) is 0 Å². The molecule has 0 rings (SSSR count). The van der Waals surface area contributed by atoms with Crippen LogP contribution in [0.1, 0.15) is 13.8 Å². The lowest BCUT2D eigenvalue weighted by atomic mass is 10.0. The number of ketones is 1. The summed E-state index contributed by atoms with van der Waals surface area (Å²) in [4.78, 5) is 20.7. The minimum atomic E-state index is -0.176. The summed E-state index contributed by atoms with van der Waals surface area (Å²) >= 11 is 0. The van der Waals surface area contributed by atoms with E-state index in [0.29, 0.717) is 6.29 Å². The maximum Gasteiger partial charge on any atom is 0.168 e. The molecule has 0 heterocycles. The molecule has 0 N–H and O–H groups in total. The number of aldehydes is 1. The Hall–Kier alpha value is -0.920. The van der Waals surface area contributed by atoms with Gasteiger partial charge in [0.25, 0.3) is 0 Å². The number of hydrogen-bond donors (Lipinski definition) is 0. The van der Waals surface area contributed by atoms with Crippen molar-refractivity contribution in [1.29, 1.82) is 0 Å². The highest BCUT2D eigenvalue weighted by Gasteiger charge is 2.09. The molecule has 2 heteroatoms. The van der Waals surface area contributed by atoms with E-state index in [1.807, 2.05) is 0 Å². The van der Waals surface area contributed by atoms with Gasteiger partial charge in [-0.05, 0) is 0 Å². The smallest absolute Gasteiger partial charge is 0.168 e. The molecule has 9 heavy (non-hydrogen) atoms. The van der Waals surface area contributed by atoms with Gasteiger partial charge in [-0.2, -0.15) is 0 Å². The Balaban J connectivity index is 4.04. The molecule has 0 aromatic heterocycles. The number of allylic oxidation sites excluding steroid dienone is 1. The zero-order valence-electron chi connectivity index (χ0n) is 5.68. The molecule has 0 amide bonds. The van der Waals surface area contributed by atoms with E-state index in [2.05, 4.69) is 6.58 Å². The number of carbonyl (C=O) groups is 2. The number of hydrogen-bond acceptors (Lipinski definition) is 2. The molecule has 2 nitrogen and oxygen atoms in total. The molecule has 50 valence electrons. The molecule has 0 aromatic carbocycles. The molecule has 0 aliphatic heterocycles. The minimum Gasteiger partial charge on any atom is -0.298 e. The molecule has 0 aliphatic carbocycles. The van der Waals surface area contributed by atoms with Crippen LogP contribution in [0.5, 0.6) is 0 Å². The van der Waals surface area contributed by atoms with Crippen molar-refractivity contribution in [1.82, 2.24) is 0 Å². The van der Waals surface area contributed by atoms with Crippen LogP contribution in [-0.2, 0) is 9.59 Å². The van der Waals surface area contributed by atoms with E-state index in [9.17, 15) is 9.59 Å². The van der Waals surface area contributed by atoms with Gasteiger partial charge in [0.2, 0.25) is 0 Å². The fourth-order valence-electron chi connectivity index (χ4n) is 0.429. The Morgan fingerprint density at radius 3 is 2.11 bits per heavy atom. The molecule has 0 saturated heterocycles. The Kier molecular flexibility index (Phi) is 2.85. The van der Waals surface area contributed by atoms with Crippen molar-refractivity contribution in [3.8, 4) is 0 Å². The third kappa shape index (κ3) is 2.22. The first-order valence-corrected chi connectivity index (χ1v) is 2.78. The van der Waals surface area contributed by atoms with E-state index in [-0.39, 0.29) is 17.3 Å². The SMILES string of the molecule is C=C(C=O)C(=O)C(C)C. The van der Waals surface area contributed by atoms with Gasteiger partial charge in [-0.1, -0.05) is 20.4 Å². The standard InChI is InChI=1S/C7H10O2/c1-5(2)7(9)6(3)4-8/h4-5H,3H2,1-2H3. The molecule has 0 bridgehead atoms. The van der Waals surface area contributed by atoms with Crippen LogP contribution in [0.3, 0.4) is 0 Å². The van der Waals surface area contributed by atoms with Gasteiger partial charge >= 0.3 is 0 Å². The summed E-state index contributed by atoms with van der Waals surface area (Å²) in [5, 5.41) is 0. The van der Waals surface area contributed by atoms with Crippen molar-refractivity contribution in [2.75, 3.05) is 0 Å². The second-order valence-corrected chi connectivity index (χ2v) is 2.16. The quantitative estimate of drug-likeness (QED) is 0.244. The Morgan fingerprint density at radius 1 is 1.56 bits per heavy atom. The predicted octanol–water partition coefficient (Wildman–Crippen LogP) is 0.967. The van der Waals surface area contributed by atoms with Crippen LogP contribution in [0.25, 0.3) is 0 Å². The average molecular weight is 126 g/mol. The monoisotopic (exact) mass is 126 g/mol. The van der Waals surface area contributed by atoms with Crippen LogP contribution >= 0.6 is 0 Å². The maximum absolute atomic E-state index is 10.7. The fourth-order valence-corrected chi connectivity index (χ4v) is 0.429. The first kappa shape index (κ1) is 8.08. The second-order valence-electron chi connectivity index (χ2n) is 2.16. The van der Waals surface area contributed by atoms with Crippen LogP contribution in [0.4, 0.5) is 0 Å². The summed E-state index contributed by atoms with van der Waals surface area (Å²) in [5.74, 6) is -0.298. The summed E-state index contributed by atoms with van der Waals surface area (Å²) in [6, 6.07) is 0. The maximum atomic E-state index is 10.7. The summed E-state index contributed by atoms with van der Waals surface area (Å²) in [5.41, 5.74) is 0.0602. The predicted molar refractivity (Wildman–Crippen MR) is 35.0 cm³/mol. The molecule has 0 saturated carbocycles. The Labute approximate surface area is 54.6 Å². The molecular weight excluding hydrogens is 116 g/mol. The molecule has 0 unspecified atom stereocenters. The normalized spacial score (nSPS) is 9.22. The highest BCUT2D eigenvalue weighted by Crippen LogP contribution is 1.99. The van der Waals surface area contributed by atoms with Gasteiger partial charge < -0.3 is 0 Å². The van der Waals surface area contributed by atoms with Gasteiger partial charge in [-0.25, -0.2) is 0 Å². The van der Waals surface area contributed by atoms with Crippen molar-refractivity contribution in [2.24, 2.45) is 5.92 Å². The largest absolute Gasteiger partial charge is 0.298 e. The van der Waals surface area contributed by atoms with Gasteiger partial charge in [0.15, 0.2) is 12.1 Å². The first-order chi connectivity index (χ1) is 4.09. The molecule has 0 spiro atoms. The molecule has 0 aromatic rings. The fraction of sp³-hybridized carbons (Fsp3) is 0.429. The highest BCUT2D eigenvalue weighted by molar-refractivity contribution is 6.11. The lowest BCUT2D eigenvalue weighted by Crippen LogP contribution is -2.09. The average Bonchev–Trinajstić information content (AvgIpc) is 1.84. The number of rotatable bonds is 3. The van der Waals surface area contributed by atoms with E-state index in [1.54, 1.807) is 13.8 Å². The first-order valence-electron chi connectivity index (χ1n) is 2.78. The van der Waals surface area contributed by atoms with Gasteiger partial charge in [-0.15, -0.1) is 0 Å². The number of carbonyl (C=O) groups excluding carboxylic acids is 2. The highest BCUT2D eigenvalue weighted by atomic mass is 16.1. The Bertz CT molecular complexity index is 145. The van der Waals surface area contributed by atoms with Gasteiger partial charge in [0.05, 0.1) is 5.57 Å². The third-order valence-corrected chi connectivity index (χ3v) is 0.983.